The van der Waals surface area contributed by atoms with E-state index in [9.17, 15) is 0 Å². The molecule has 0 unspecified atom stereocenters. The Morgan fingerprint density at radius 3 is 2.73 bits per heavy atom. The first kappa shape index (κ1) is 10.4. The Bertz CT molecular complexity index is 125. The molecule has 0 atom stereocenters. The molecule has 0 fully saturated rings. The third-order valence-corrected chi connectivity index (χ3v) is 1.18. The summed E-state index contributed by atoms with van der Waals surface area (Å²) in [6.07, 6.45) is 6.43. The fraction of sp³-hybridized carbons (Fsp3) is 0.600. The standard InChI is InChI=1S/C10H18O/c1-4-5-6-7-8-11-9-10(2)3/h5-6H,2,4,7-9H2,1,3H3. The van der Waals surface area contributed by atoms with Crippen LogP contribution in [0, 0.1) is 0 Å². The highest BCUT2D eigenvalue weighted by Crippen LogP contribution is 1.91. The van der Waals surface area contributed by atoms with Gasteiger partial charge in [-0.1, -0.05) is 31.2 Å². The molecule has 11 heavy (non-hydrogen) atoms. The molecule has 0 saturated heterocycles. The highest BCUT2D eigenvalue weighted by molar-refractivity contribution is 4.87. The van der Waals surface area contributed by atoms with Crippen molar-refractivity contribution in [3.63, 3.8) is 0 Å². The lowest BCUT2D eigenvalue weighted by Crippen LogP contribution is -1.95. The Kier molecular flexibility index (Phi) is 7.16. The minimum absolute atomic E-state index is 0.694. The lowest BCUT2D eigenvalue weighted by atomic mass is 10.3. The molecule has 0 aliphatic carbocycles. The minimum Gasteiger partial charge on any atom is -0.377 e. The zero-order valence-electron chi connectivity index (χ0n) is 7.60. The number of ether oxygens (including phenoxy) is 1. The smallest absolute Gasteiger partial charge is 0.0671 e. The van der Waals surface area contributed by atoms with Crippen LogP contribution in [0.15, 0.2) is 24.3 Å². The van der Waals surface area contributed by atoms with Crippen molar-refractivity contribution in [2.75, 3.05) is 13.2 Å². The van der Waals surface area contributed by atoms with E-state index >= 15 is 0 Å². The van der Waals surface area contributed by atoms with Gasteiger partial charge in [-0.2, -0.15) is 0 Å². The lowest BCUT2D eigenvalue weighted by Gasteiger charge is -1.99. The molecule has 0 saturated carbocycles. The Morgan fingerprint density at radius 2 is 2.18 bits per heavy atom. The minimum atomic E-state index is 0.694. The molecule has 0 heterocycles. The molecule has 0 aromatic carbocycles. The molecule has 0 radical (unpaired) electrons. The molecule has 1 heteroatoms. The zero-order valence-corrected chi connectivity index (χ0v) is 7.60. The number of hydrogen-bond donors (Lipinski definition) is 0. The molecule has 0 aromatic heterocycles. The van der Waals surface area contributed by atoms with Crippen molar-refractivity contribution >= 4 is 0 Å². The van der Waals surface area contributed by atoms with Gasteiger partial charge in [0, 0.05) is 0 Å². The van der Waals surface area contributed by atoms with Crippen LogP contribution in [0.25, 0.3) is 0 Å². The average molecular weight is 154 g/mol. The SMILES string of the molecule is C=C(C)COCCC=CCC. The van der Waals surface area contributed by atoms with Crippen LogP contribution in [0.1, 0.15) is 26.7 Å². The van der Waals surface area contributed by atoms with E-state index in [4.69, 9.17) is 4.74 Å². The van der Waals surface area contributed by atoms with Gasteiger partial charge in [-0.3, -0.25) is 0 Å². The zero-order chi connectivity index (χ0) is 8.53. The maximum atomic E-state index is 5.29. The number of hydrogen-bond acceptors (Lipinski definition) is 1. The van der Waals surface area contributed by atoms with Gasteiger partial charge in [-0.25, -0.2) is 0 Å². The van der Waals surface area contributed by atoms with Gasteiger partial charge >= 0.3 is 0 Å². The Morgan fingerprint density at radius 1 is 1.45 bits per heavy atom. The fourth-order valence-corrected chi connectivity index (χ4v) is 0.682. The molecule has 0 N–H and O–H groups in total. The van der Waals surface area contributed by atoms with Gasteiger partial charge in [-0.15, -0.1) is 0 Å². The van der Waals surface area contributed by atoms with Gasteiger partial charge in [-0.05, 0) is 19.8 Å². The van der Waals surface area contributed by atoms with Crippen molar-refractivity contribution in [3.8, 4) is 0 Å². The van der Waals surface area contributed by atoms with Crippen molar-refractivity contribution in [1.29, 1.82) is 0 Å². The molecule has 0 spiro atoms. The van der Waals surface area contributed by atoms with Crippen LogP contribution >= 0.6 is 0 Å². The van der Waals surface area contributed by atoms with Crippen molar-refractivity contribution in [2.24, 2.45) is 0 Å². The van der Waals surface area contributed by atoms with Gasteiger partial charge < -0.3 is 4.74 Å². The second kappa shape index (κ2) is 7.55. The Balaban J connectivity index is 3.02. The molecular weight excluding hydrogens is 136 g/mol. The van der Waals surface area contributed by atoms with Gasteiger partial charge in [0.2, 0.25) is 0 Å². The van der Waals surface area contributed by atoms with Crippen LogP contribution in [-0.4, -0.2) is 13.2 Å². The van der Waals surface area contributed by atoms with Crippen LogP contribution < -0.4 is 0 Å². The van der Waals surface area contributed by atoms with Gasteiger partial charge in [0.1, 0.15) is 0 Å². The van der Waals surface area contributed by atoms with Gasteiger partial charge in [0.05, 0.1) is 13.2 Å². The second-order valence-electron chi connectivity index (χ2n) is 2.68. The number of rotatable bonds is 6. The summed E-state index contributed by atoms with van der Waals surface area (Å²) in [7, 11) is 0. The molecule has 0 amide bonds. The summed E-state index contributed by atoms with van der Waals surface area (Å²) in [4.78, 5) is 0. The maximum absolute atomic E-state index is 5.29. The quantitative estimate of drug-likeness (QED) is 0.422. The maximum Gasteiger partial charge on any atom is 0.0671 e. The third-order valence-electron chi connectivity index (χ3n) is 1.18. The first-order chi connectivity index (χ1) is 5.27. The normalized spacial score (nSPS) is 10.7. The van der Waals surface area contributed by atoms with E-state index in [0.29, 0.717) is 6.61 Å². The summed E-state index contributed by atoms with van der Waals surface area (Å²) < 4.78 is 5.29. The van der Waals surface area contributed by atoms with Crippen molar-refractivity contribution in [2.45, 2.75) is 26.7 Å². The summed E-state index contributed by atoms with van der Waals surface area (Å²) >= 11 is 0. The topological polar surface area (TPSA) is 9.23 Å². The lowest BCUT2D eigenvalue weighted by molar-refractivity contribution is 0.161. The Labute approximate surface area is 69.8 Å². The molecule has 64 valence electrons. The molecule has 1 nitrogen and oxygen atoms in total. The first-order valence-electron chi connectivity index (χ1n) is 4.14. The fourth-order valence-electron chi connectivity index (χ4n) is 0.682. The summed E-state index contributed by atoms with van der Waals surface area (Å²) in [5.41, 5.74) is 1.09. The summed E-state index contributed by atoms with van der Waals surface area (Å²) in [5.74, 6) is 0. The van der Waals surface area contributed by atoms with Crippen LogP contribution in [0.4, 0.5) is 0 Å². The number of allylic oxidation sites excluding steroid dienone is 1. The van der Waals surface area contributed by atoms with E-state index in [0.717, 1.165) is 25.0 Å². The van der Waals surface area contributed by atoms with Crippen molar-refractivity contribution in [3.05, 3.63) is 24.3 Å². The second-order valence-corrected chi connectivity index (χ2v) is 2.68. The molecule has 0 aliphatic rings. The average Bonchev–Trinajstić information content (AvgIpc) is 1.96. The van der Waals surface area contributed by atoms with E-state index in [1.807, 2.05) is 6.92 Å². The van der Waals surface area contributed by atoms with E-state index in [1.165, 1.54) is 0 Å². The first-order valence-corrected chi connectivity index (χ1v) is 4.14. The van der Waals surface area contributed by atoms with Crippen LogP contribution in [0.2, 0.25) is 0 Å². The van der Waals surface area contributed by atoms with E-state index in [-0.39, 0.29) is 0 Å². The third kappa shape index (κ3) is 9.44. The predicted octanol–water partition coefficient (Wildman–Crippen LogP) is 2.94. The molecule has 0 bridgehead atoms. The largest absolute Gasteiger partial charge is 0.377 e. The predicted molar refractivity (Wildman–Crippen MR) is 49.7 cm³/mol. The summed E-state index contributed by atoms with van der Waals surface area (Å²) in [6, 6.07) is 0. The molecule has 0 aromatic rings. The van der Waals surface area contributed by atoms with Gasteiger partial charge in [0.25, 0.3) is 0 Å². The summed E-state index contributed by atoms with van der Waals surface area (Å²) in [5, 5.41) is 0. The highest BCUT2D eigenvalue weighted by atomic mass is 16.5. The van der Waals surface area contributed by atoms with Crippen LogP contribution in [0.5, 0.6) is 0 Å². The van der Waals surface area contributed by atoms with E-state index < -0.39 is 0 Å². The highest BCUT2D eigenvalue weighted by Gasteiger charge is 1.84. The summed E-state index contributed by atoms with van der Waals surface area (Å²) in [6.45, 7) is 9.35. The molecular formula is C10H18O. The molecule has 0 rings (SSSR count). The molecule has 0 aliphatic heterocycles. The van der Waals surface area contributed by atoms with Crippen LogP contribution in [0.3, 0.4) is 0 Å². The van der Waals surface area contributed by atoms with Crippen molar-refractivity contribution < 1.29 is 4.74 Å². The van der Waals surface area contributed by atoms with E-state index in [2.05, 4.69) is 25.7 Å². The van der Waals surface area contributed by atoms with Gasteiger partial charge in [0.15, 0.2) is 0 Å². The monoisotopic (exact) mass is 154 g/mol. The van der Waals surface area contributed by atoms with E-state index in [1.54, 1.807) is 0 Å². The van der Waals surface area contributed by atoms with Crippen LogP contribution in [-0.2, 0) is 4.74 Å². The van der Waals surface area contributed by atoms with Crippen molar-refractivity contribution in [1.82, 2.24) is 0 Å². The Hall–Kier alpha value is -0.560.